The number of hydrogen-bond acceptors (Lipinski definition) is 2. The zero-order valence-electron chi connectivity index (χ0n) is 9.94. The lowest BCUT2D eigenvalue weighted by Crippen LogP contribution is -2.28. The lowest BCUT2D eigenvalue weighted by Gasteiger charge is -2.13. The van der Waals surface area contributed by atoms with E-state index in [9.17, 15) is 9.18 Å². The van der Waals surface area contributed by atoms with E-state index in [1.807, 2.05) is 6.07 Å². The molecular weight excluding hydrogens is 311 g/mol. The first-order valence-corrected chi connectivity index (χ1v) is 6.43. The first-order chi connectivity index (χ1) is 9.08. The smallest absolute Gasteiger partial charge is 0.245 e. The maximum Gasteiger partial charge on any atom is 0.245 e. The molecule has 0 aliphatic heterocycles. The van der Waals surface area contributed by atoms with E-state index in [-0.39, 0.29) is 5.69 Å². The van der Waals surface area contributed by atoms with E-state index < -0.39 is 17.8 Å². The van der Waals surface area contributed by atoms with Crippen LogP contribution in [-0.2, 0) is 4.79 Å². The van der Waals surface area contributed by atoms with Crippen molar-refractivity contribution in [2.45, 2.75) is 6.04 Å². The molecule has 0 bridgehead atoms. The molecule has 0 heterocycles. The molecule has 0 fully saturated rings. The highest BCUT2D eigenvalue weighted by Crippen LogP contribution is 2.20. The highest BCUT2D eigenvalue weighted by atomic mass is 79.9. The lowest BCUT2D eigenvalue weighted by molar-refractivity contribution is -0.117. The maximum absolute atomic E-state index is 13.6. The number of hydrogen-bond donors (Lipinski definition) is 2. The van der Waals surface area contributed by atoms with Crippen LogP contribution in [0.25, 0.3) is 0 Å². The van der Waals surface area contributed by atoms with Crippen LogP contribution in [0.2, 0.25) is 0 Å². The topological polar surface area (TPSA) is 55.1 Å². The minimum Gasteiger partial charge on any atom is -0.322 e. The first kappa shape index (κ1) is 13.7. The number of carbonyl (C=O) groups is 1. The molecule has 5 heteroatoms. The molecule has 3 nitrogen and oxygen atoms in total. The molecule has 2 rings (SSSR count). The molecule has 0 saturated heterocycles. The van der Waals surface area contributed by atoms with Gasteiger partial charge in [-0.2, -0.15) is 0 Å². The second-order valence-corrected chi connectivity index (χ2v) is 4.92. The van der Waals surface area contributed by atoms with Crippen molar-refractivity contribution in [3.63, 3.8) is 0 Å². The summed E-state index contributed by atoms with van der Waals surface area (Å²) in [5, 5.41) is 2.48. The molecule has 98 valence electrons. The van der Waals surface area contributed by atoms with Crippen LogP contribution in [-0.4, -0.2) is 5.91 Å². The van der Waals surface area contributed by atoms with Gasteiger partial charge in [0.1, 0.15) is 11.9 Å². The van der Waals surface area contributed by atoms with E-state index in [1.165, 1.54) is 12.1 Å². The third-order valence-corrected chi connectivity index (χ3v) is 3.12. The predicted molar refractivity (Wildman–Crippen MR) is 76.1 cm³/mol. The van der Waals surface area contributed by atoms with E-state index in [2.05, 4.69) is 21.2 Å². The Labute approximate surface area is 118 Å². The largest absolute Gasteiger partial charge is 0.322 e. The number of nitrogens with two attached hydrogens (primary N) is 1. The molecule has 0 unspecified atom stereocenters. The van der Waals surface area contributed by atoms with Crippen molar-refractivity contribution in [1.29, 1.82) is 0 Å². The van der Waals surface area contributed by atoms with Gasteiger partial charge in [0.25, 0.3) is 0 Å². The van der Waals surface area contributed by atoms with Gasteiger partial charge in [-0.1, -0.05) is 46.3 Å². The highest BCUT2D eigenvalue weighted by molar-refractivity contribution is 9.10. The summed E-state index contributed by atoms with van der Waals surface area (Å²) < 4.78 is 14.2. The molecule has 1 atom stereocenters. The van der Waals surface area contributed by atoms with E-state index in [4.69, 9.17) is 5.73 Å². The number of benzene rings is 2. The van der Waals surface area contributed by atoms with Crippen molar-refractivity contribution in [2.24, 2.45) is 5.73 Å². The van der Waals surface area contributed by atoms with Crippen LogP contribution in [0.3, 0.4) is 0 Å². The van der Waals surface area contributed by atoms with Crippen LogP contribution in [0.4, 0.5) is 10.1 Å². The van der Waals surface area contributed by atoms with Crippen molar-refractivity contribution in [3.05, 3.63) is 64.4 Å². The summed E-state index contributed by atoms with van der Waals surface area (Å²) in [4.78, 5) is 11.9. The lowest BCUT2D eigenvalue weighted by atomic mass is 10.1. The van der Waals surface area contributed by atoms with Crippen molar-refractivity contribution in [1.82, 2.24) is 0 Å². The average Bonchev–Trinajstić information content (AvgIpc) is 2.42. The summed E-state index contributed by atoms with van der Waals surface area (Å²) in [6.45, 7) is 0. The third kappa shape index (κ3) is 3.39. The summed E-state index contributed by atoms with van der Waals surface area (Å²) in [7, 11) is 0. The van der Waals surface area contributed by atoms with Crippen molar-refractivity contribution in [3.8, 4) is 0 Å². The number of rotatable bonds is 3. The monoisotopic (exact) mass is 322 g/mol. The molecule has 2 aromatic carbocycles. The Morgan fingerprint density at radius 1 is 1.21 bits per heavy atom. The second kappa shape index (κ2) is 5.95. The van der Waals surface area contributed by atoms with Crippen LogP contribution in [0.15, 0.2) is 53.0 Å². The molecule has 0 spiro atoms. The molecular formula is C14H12BrFN2O. The molecule has 0 saturated carbocycles. The van der Waals surface area contributed by atoms with Gasteiger partial charge in [0.15, 0.2) is 0 Å². The minimum atomic E-state index is -0.829. The molecule has 1 amide bonds. The van der Waals surface area contributed by atoms with Gasteiger partial charge in [0.2, 0.25) is 5.91 Å². The Hall–Kier alpha value is -1.72. The number of nitrogens with one attached hydrogen (secondary N) is 1. The van der Waals surface area contributed by atoms with E-state index >= 15 is 0 Å². The van der Waals surface area contributed by atoms with Gasteiger partial charge < -0.3 is 11.1 Å². The van der Waals surface area contributed by atoms with Gasteiger partial charge >= 0.3 is 0 Å². The number of amides is 1. The predicted octanol–water partition coefficient (Wildman–Crippen LogP) is 3.23. The van der Waals surface area contributed by atoms with Crippen molar-refractivity contribution in [2.75, 3.05) is 5.32 Å². The van der Waals surface area contributed by atoms with Crippen molar-refractivity contribution >= 4 is 27.5 Å². The fourth-order valence-corrected chi connectivity index (χ4v) is 1.95. The Balaban J connectivity index is 2.13. The Kier molecular flexibility index (Phi) is 4.29. The van der Waals surface area contributed by atoms with Gasteiger partial charge in [-0.15, -0.1) is 0 Å². The maximum atomic E-state index is 13.6. The van der Waals surface area contributed by atoms with E-state index in [0.29, 0.717) is 10.0 Å². The van der Waals surface area contributed by atoms with Crippen LogP contribution >= 0.6 is 15.9 Å². The second-order valence-electron chi connectivity index (χ2n) is 4.00. The molecule has 0 radical (unpaired) electrons. The first-order valence-electron chi connectivity index (χ1n) is 5.64. The SMILES string of the molecule is N[C@H](C(=O)Nc1ccc(Br)cc1F)c1ccccc1. The number of carbonyl (C=O) groups excluding carboxylic acids is 1. The van der Waals surface area contributed by atoms with Gasteiger partial charge in [0.05, 0.1) is 5.69 Å². The molecule has 3 N–H and O–H groups in total. The molecule has 0 aromatic heterocycles. The van der Waals surface area contributed by atoms with Crippen LogP contribution in [0, 0.1) is 5.82 Å². The van der Waals surface area contributed by atoms with Crippen LogP contribution in [0.5, 0.6) is 0 Å². The Bertz CT molecular complexity index is 589. The van der Waals surface area contributed by atoms with Crippen molar-refractivity contribution < 1.29 is 9.18 Å². The fraction of sp³-hybridized carbons (Fsp3) is 0.0714. The van der Waals surface area contributed by atoms with Crippen LogP contribution in [0.1, 0.15) is 11.6 Å². The van der Waals surface area contributed by atoms with Gasteiger partial charge in [-0.05, 0) is 23.8 Å². The summed E-state index contributed by atoms with van der Waals surface area (Å²) in [6.07, 6.45) is 0. The Morgan fingerprint density at radius 3 is 2.53 bits per heavy atom. The zero-order chi connectivity index (χ0) is 13.8. The zero-order valence-corrected chi connectivity index (χ0v) is 11.5. The van der Waals surface area contributed by atoms with Gasteiger partial charge in [-0.25, -0.2) is 4.39 Å². The molecule has 2 aromatic rings. The minimum absolute atomic E-state index is 0.111. The normalized spacial score (nSPS) is 11.9. The third-order valence-electron chi connectivity index (χ3n) is 2.63. The molecule has 19 heavy (non-hydrogen) atoms. The summed E-state index contributed by atoms with van der Waals surface area (Å²) in [5.41, 5.74) is 6.61. The Morgan fingerprint density at radius 2 is 1.89 bits per heavy atom. The summed E-state index contributed by atoms with van der Waals surface area (Å²) >= 11 is 3.15. The quantitative estimate of drug-likeness (QED) is 0.911. The van der Waals surface area contributed by atoms with E-state index in [0.717, 1.165) is 0 Å². The standard InChI is InChI=1S/C14H12BrFN2O/c15-10-6-7-12(11(16)8-10)18-14(19)13(17)9-4-2-1-3-5-9/h1-8,13H,17H2,(H,18,19)/t13-/m0/s1. The van der Waals surface area contributed by atoms with Crippen LogP contribution < -0.4 is 11.1 Å². The van der Waals surface area contributed by atoms with Gasteiger partial charge in [0, 0.05) is 4.47 Å². The fourth-order valence-electron chi connectivity index (χ4n) is 1.61. The highest BCUT2D eigenvalue weighted by Gasteiger charge is 2.16. The molecule has 0 aliphatic rings. The number of anilines is 1. The van der Waals surface area contributed by atoms with E-state index in [1.54, 1.807) is 30.3 Å². The number of halogens is 2. The summed E-state index contributed by atoms with van der Waals surface area (Å²) in [6, 6.07) is 12.5. The average molecular weight is 323 g/mol. The molecule has 0 aliphatic carbocycles. The van der Waals surface area contributed by atoms with Gasteiger partial charge in [-0.3, -0.25) is 4.79 Å². The summed E-state index contributed by atoms with van der Waals surface area (Å²) in [5.74, 6) is -0.963.